The fourth-order valence-corrected chi connectivity index (χ4v) is 5.20. The van der Waals surface area contributed by atoms with Gasteiger partial charge in [0.2, 0.25) is 0 Å². The van der Waals surface area contributed by atoms with Gasteiger partial charge in [-0.15, -0.1) is 0 Å². The Hall–Kier alpha value is -1.65. The monoisotopic (exact) mass is 302 g/mol. The molecule has 3 nitrogen and oxygen atoms in total. The van der Waals surface area contributed by atoms with Crippen molar-refractivity contribution in [3.8, 4) is 0 Å². The van der Waals surface area contributed by atoms with Crippen molar-refractivity contribution in [3.05, 3.63) is 65.7 Å². The van der Waals surface area contributed by atoms with Crippen molar-refractivity contribution in [2.45, 2.75) is 23.0 Å². The lowest BCUT2D eigenvalue weighted by Gasteiger charge is -2.04. The minimum atomic E-state index is -3.39. The molecule has 0 amide bonds. The van der Waals surface area contributed by atoms with E-state index in [-0.39, 0.29) is 18.4 Å². The number of sulfone groups is 1. The van der Waals surface area contributed by atoms with E-state index in [0.717, 1.165) is 11.1 Å². The Morgan fingerprint density at radius 3 is 2.19 bits per heavy atom. The quantitative estimate of drug-likeness (QED) is 0.944. The minimum Gasteiger partial charge on any atom is -0.396 e. The highest BCUT2D eigenvalue weighted by atomic mass is 32.2. The highest BCUT2D eigenvalue weighted by Gasteiger charge is 2.58. The number of rotatable bonds is 4. The van der Waals surface area contributed by atoms with Gasteiger partial charge in [-0.1, -0.05) is 48.0 Å². The van der Waals surface area contributed by atoms with Crippen LogP contribution in [0, 0.1) is 12.8 Å². The Kier molecular flexibility index (Phi) is 3.59. The number of hydrogen-bond donors (Lipinski definition) is 1. The molecule has 21 heavy (non-hydrogen) atoms. The molecule has 1 fully saturated rings. The Balaban J connectivity index is 1.94. The maximum Gasteiger partial charge on any atom is 0.182 e. The van der Waals surface area contributed by atoms with Gasteiger partial charge in [-0.3, -0.25) is 0 Å². The van der Waals surface area contributed by atoms with Crippen molar-refractivity contribution in [3.63, 3.8) is 0 Å². The highest BCUT2D eigenvalue weighted by Crippen LogP contribution is 2.53. The first-order chi connectivity index (χ1) is 10.1. The van der Waals surface area contributed by atoms with Gasteiger partial charge in [0, 0.05) is 18.4 Å². The first-order valence-electron chi connectivity index (χ1n) is 7.02. The van der Waals surface area contributed by atoms with Crippen LogP contribution in [0.15, 0.2) is 59.5 Å². The molecule has 1 aliphatic rings. The van der Waals surface area contributed by atoms with Crippen LogP contribution in [-0.4, -0.2) is 25.4 Å². The van der Waals surface area contributed by atoms with Gasteiger partial charge in [0.1, 0.15) is 0 Å². The van der Waals surface area contributed by atoms with Crippen LogP contribution in [0.25, 0.3) is 0 Å². The second kappa shape index (κ2) is 5.28. The smallest absolute Gasteiger partial charge is 0.182 e. The first-order valence-corrected chi connectivity index (χ1v) is 8.56. The third kappa shape index (κ3) is 2.49. The zero-order valence-electron chi connectivity index (χ0n) is 11.8. The van der Waals surface area contributed by atoms with Crippen LogP contribution in [0.3, 0.4) is 0 Å². The van der Waals surface area contributed by atoms with E-state index in [1.165, 1.54) is 0 Å². The molecule has 3 atom stereocenters. The minimum absolute atomic E-state index is 0.102. The van der Waals surface area contributed by atoms with Gasteiger partial charge in [0.25, 0.3) is 0 Å². The van der Waals surface area contributed by atoms with Crippen LogP contribution in [0.2, 0.25) is 0 Å². The lowest BCUT2D eigenvalue weighted by Crippen LogP contribution is -2.11. The molecule has 0 unspecified atom stereocenters. The normalized spacial score (nSPS) is 24.8. The van der Waals surface area contributed by atoms with Gasteiger partial charge in [-0.2, -0.15) is 0 Å². The number of aliphatic hydroxyl groups excluding tert-OH is 1. The number of aryl methyl sites for hydroxylation is 1. The average Bonchev–Trinajstić information content (AvgIpc) is 3.24. The van der Waals surface area contributed by atoms with Gasteiger partial charge in [-0.05, 0) is 24.6 Å². The Morgan fingerprint density at radius 2 is 1.62 bits per heavy atom. The maximum absolute atomic E-state index is 12.7. The zero-order valence-corrected chi connectivity index (χ0v) is 12.6. The second-order valence-corrected chi connectivity index (χ2v) is 7.71. The fourth-order valence-electron chi connectivity index (χ4n) is 2.98. The van der Waals surface area contributed by atoms with E-state index in [1.807, 2.05) is 31.2 Å². The van der Waals surface area contributed by atoms with Crippen molar-refractivity contribution in [1.82, 2.24) is 0 Å². The van der Waals surface area contributed by atoms with Crippen molar-refractivity contribution in [2.24, 2.45) is 5.92 Å². The number of hydrogen-bond acceptors (Lipinski definition) is 3. The standard InChI is InChI=1S/C17H18O3S/c1-12-7-9-13(10-8-12)16-15(11-18)17(16)21(19,20)14-5-3-2-4-6-14/h2-10,15-18H,11H2,1H3/t15-,16+,17-/m0/s1. The average molecular weight is 302 g/mol. The van der Waals surface area contributed by atoms with E-state index >= 15 is 0 Å². The van der Waals surface area contributed by atoms with Crippen molar-refractivity contribution in [2.75, 3.05) is 6.61 Å². The molecular weight excluding hydrogens is 284 g/mol. The third-order valence-electron chi connectivity index (χ3n) is 4.20. The van der Waals surface area contributed by atoms with Crippen molar-refractivity contribution >= 4 is 9.84 Å². The van der Waals surface area contributed by atoms with Gasteiger partial charge in [0.05, 0.1) is 10.1 Å². The molecular formula is C17H18O3S. The van der Waals surface area contributed by atoms with Gasteiger partial charge < -0.3 is 5.11 Å². The topological polar surface area (TPSA) is 54.4 Å². The Morgan fingerprint density at radius 1 is 1.00 bits per heavy atom. The largest absolute Gasteiger partial charge is 0.396 e. The SMILES string of the molecule is Cc1ccc([C@@H]2[C@H](CO)[C@@H]2S(=O)(=O)c2ccccc2)cc1. The van der Waals surface area contributed by atoms with Gasteiger partial charge in [0.15, 0.2) is 9.84 Å². The van der Waals surface area contributed by atoms with Crippen LogP contribution in [0.4, 0.5) is 0 Å². The molecule has 0 saturated heterocycles. The lowest BCUT2D eigenvalue weighted by atomic mass is 10.1. The lowest BCUT2D eigenvalue weighted by molar-refractivity contribution is 0.274. The molecule has 0 radical (unpaired) electrons. The molecule has 1 N–H and O–H groups in total. The van der Waals surface area contributed by atoms with E-state index in [1.54, 1.807) is 30.3 Å². The maximum atomic E-state index is 12.7. The number of benzene rings is 2. The third-order valence-corrected chi connectivity index (χ3v) is 6.49. The molecule has 4 heteroatoms. The summed E-state index contributed by atoms with van der Waals surface area (Å²) in [5, 5.41) is 8.99. The fraction of sp³-hybridized carbons (Fsp3) is 0.294. The molecule has 0 bridgehead atoms. The van der Waals surface area contributed by atoms with E-state index in [4.69, 9.17) is 0 Å². The van der Waals surface area contributed by atoms with E-state index in [0.29, 0.717) is 4.90 Å². The van der Waals surface area contributed by atoms with E-state index in [2.05, 4.69) is 0 Å². The molecule has 0 heterocycles. The van der Waals surface area contributed by atoms with E-state index < -0.39 is 15.1 Å². The number of aliphatic hydroxyl groups is 1. The summed E-state index contributed by atoms with van der Waals surface area (Å²) in [5.41, 5.74) is 2.13. The highest BCUT2D eigenvalue weighted by molar-refractivity contribution is 7.92. The molecule has 2 aromatic carbocycles. The summed E-state index contributed by atoms with van der Waals surface area (Å²) >= 11 is 0. The summed E-state index contributed by atoms with van der Waals surface area (Å²) < 4.78 is 25.4. The summed E-state index contributed by atoms with van der Waals surface area (Å²) in [6.07, 6.45) is 0. The van der Waals surface area contributed by atoms with Crippen LogP contribution in [0.5, 0.6) is 0 Å². The predicted molar refractivity (Wildman–Crippen MR) is 81.9 cm³/mol. The Labute approximate surface area is 125 Å². The molecule has 110 valence electrons. The molecule has 0 aliphatic heterocycles. The van der Waals surface area contributed by atoms with E-state index in [9.17, 15) is 13.5 Å². The van der Waals surface area contributed by atoms with Crippen LogP contribution in [-0.2, 0) is 9.84 Å². The molecule has 0 aromatic heterocycles. The van der Waals surface area contributed by atoms with Crippen LogP contribution >= 0.6 is 0 Å². The summed E-state index contributed by atoms with van der Waals surface area (Å²) in [6.45, 7) is 1.90. The van der Waals surface area contributed by atoms with Gasteiger partial charge >= 0.3 is 0 Å². The second-order valence-electron chi connectivity index (χ2n) is 5.61. The molecule has 3 rings (SSSR count). The summed E-state index contributed by atoms with van der Waals surface area (Å²) in [6, 6.07) is 16.4. The molecule has 0 spiro atoms. The predicted octanol–water partition coefficient (Wildman–Crippen LogP) is 2.54. The molecule has 2 aromatic rings. The van der Waals surface area contributed by atoms with Crippen LogP contribution in [0.1, 0.15) is 17.0 Å². The van der Waals surface area contributed by atoms with Crippen molar-refractivity contribution < 1.29 is 13.5 Å². The summed E-state index contributed by atoms with van der Waals surface area (Å²) in [7, 11) is -3.39. The summed E-state index contributed by atoms with van der Waals surface area (Å²) in [4.78, 5) is 0.336. The van der Waals surface area contributed by atoms with Crippen LogP contribution < -0.4 is 0 Å². The van der Waals surface area contributed by atoms with Gasteiger partial charge in [-0.25, -0.2) is 8.42 Å². The molecule has 1 aliphatic carbocycles. The van der Waals surface area contributed by atoms with Crippen molar-refractivity contribution in [1.29, 1.82) is 0 Å². The summed E-state index contributed by atoms with van der Waals surface area (Å²) in [5.74, 6) is -0.321. The molecule has 1 saturated carbocycles. The first kappa shape index (κ1) is 14.3. The zero-order chi connectivity index (χ0) is 15.0. The Bertz CT molecular complexity index is 720.